The van der Waals surface area contributed by atoms with Crippen LogP contribution in [0.25, 0.3) is 0 Å². The fourth-order valence-corrected chi connectivity index (χ4v) is 3.63. The van der Waals surface area contributed by atoms with Crippen LogP contribution < -0.4 is 11.2 Å². The Balaban J connectivity index is 2.14. The quantitative estimate of drug-likeness (QED) is 0.110. The van der Waals surface area contributed by atoms with E-state index >= 15 is 0 Å². The van der Waals surface area contributed by atoms with Crippen LogP contribution in [0.3, 0.4) is 0 Å². The zero-order chi connectivity index (χ0) is 24.2. The zero-order valence-electron chi connectivity index (χ0n) is 17.9. The number of aryl methyl sites for hydroxylation is 1. The van der Waals surface area contributed by atoms with E-state index in [0.717, 1.165) is 11.1 Å². The Bertz CT molecular complexity index is 930. The van der Waals surface area contributed by atoms with E-state index in [0.29, 0.717) is 24.3 Å². The number of hydrogen-bond donors (Lipinski definition) is 2. The molecule has 3 N–H and O–H groups in total. The molecule has 0 aromatic heterocycles. The maximum atomic E-state index is 13.1. The number of nitrogens with zero attached hydrogens (tertiary/aromatic N) is 1. The molecule has 2 aromatic rings. The van der Waals surface area contributed by atoms with E-state index in [4.69, 9.17) is 33.8 Å². The van der Waals surface area contributed by atoms with Gasteiger partial charge in [0.15, 0.2) is 0 Å². The summed E-state index contributed by atoms with van der Waals surface area (Å²) in [6, 6.07) is 10.8. The molecule has 0 fully saturated rings. The Morgan fingerprint density at radius 2 is 1.73 bits per heavy atom. The molecule has 0 unspecified atom stereocenters. The average molecular weight is 498 g/mol. The number of amides is 1. The van der Waals surface area contributed by atoms with Crippen LogP contribution in [-0.4, -0.2) is 53.7 Å². The Labute approximate surface area is 201 Å². The first-order chi connectivity index (χ1) is 15.9. The molecule has 0 aliphatic rings. The first-order valence-corrected chi connectivity index (χ1v) is 11.4. The van der Waals surface area contributed by atoms with Crippen LogP contribution in [0.2, 0.25) is 0 Å². The number of benzene rings is 2. The molecule has 178 valence electrons. The number of alkyl halides is 2. The second kappa shape index (κ2) is 13.9. The third-order valence-electron chi connectivity index (χ3n) is 4.93. The highest BCUT2D eigenvalue weighted by Gasteiger charge is 2.30. The predicted octanol–water partition coefficient (Wildman–Crippen LogP) is 2.36. The molecule has 10 heteroatoms. The van der Waals surface area contributed by atoms with Gasteiger partial charge in [-0.05, 0) is 35.2 Å². The highest BCUT2D eigenvalue weighted by atomic mass is 35.5. The molecule has 2 rings (SSSR count). The van der Waals surface area contributed by atoms with Crippen LogP contribution in [0.15, 0.2) is 48.5 Å². The van der Waals surface area contributed by atoms with Crippen molar-refractivity contribution in [3.05, 3.63) is 71.0 Å². The van der Waals surface area contributed by atoms with Crippen LogP contribution in [0.4, 0.5) is 4.39 Å². The van der Waals surface area contributed by atoms with Gasteiger partial charge in [-0.15, -0.1) is 23.2 Å². The second-order valence-electron chi connectivity index (χ2n) is 7.31. The van der Waals surface area contributed by atoms with Gasteiger partial charge in [0.2, 0.25) is 6.41 Å². The lowest BCUT2D eigenvalue weighted by Crippen LogP contribution is -2.50. The van der Waals surface area contributed by atoms with Crippen molar-refractivity contribution >= 4 is 41.6 Å². The standard InChI is InChI=1S/C23H26Cl2FN3O4/c24-9-8-16-2-1-3-18(12-16)14-21(29(27)11-10-25)23(32)33-22(31)20(28-15-30)13-17-4-6-19(26)7-5-17/h1-7,12,15,20-21H,8-11,13-14,27H2,(H,28,30)/t20-,21-/m0/s1. The van der Waals surface area contributed by atoms with Gasteiger partial charge in [-0.25, -0.2) is 19.0 Å². The van der Waals surface area contributed by atoms with Crippen LogP contribution in [0, 0.1) is 5.82 Å². The number of ether oxygens (including phenoxy) is 1. The minimum Gasteiger partial charge on any atom is -0.390 e. The van der Waals surface area contributed by atoms with E-state index in [1.807, 2.05) is 24.3 Å². The lowest BCUT2D eigenvalue weighted by molar-refractivity contribution is -0.165. The van der Waals surface area contributed by atoms with Crippen molar-refractivity contribution in [3.63, 3.8) is 0 Å². The lowest BCUT2D eigenvalue weighted by Gasteiger charge is -2.26. The average Bonchev–Trinajstić information content (AvgIpc) is 2.79. The molecule has 2 atom stereocenters. The number of carbonyl (C=O) groups is 3. The van der Waals surface area contributed by atoms with Gasteiger partial charge in [-0.1, -0.05) is 36.4 Å². The minimum atomic E-state index is -1.14. The maximum Gasteiger partial charge on any atom is 0.336 e. The molecule has 0 heterocycles. The summed E-state index contributed by atoms with van der Waals surface area (Å²) in [5.74, 6) is 4.40. The first kappa shape index (κ1) is 26.7. The number of hydrogen-bond acceptors (Lipinski definition) is 6. The summed E-state index contributed by atoms with van der Waals surface area (Å²) in [4.78, 5) is 36.5. The van der Waals surface area contributed by atoms with Gasteiger partial charge in [-0.3, -0.25) is 10.6 Å². The highest BCUT2D eigenvalue weighted by Crippen LogP contribution is 2.14. The van der Waals surface area contributed by atoms with E-state index in [9.17, 15) is 18.8 Å². The Morgan fingerprint density at radius 3 is 2.36 bits per heavy atom. The van der Waals surface area contributed by atoms with Crippen LogP contribution in [0.5, 0.6) is 0 Å². The van der Waals surface area contributed by atoms with Gasteiger partial charge in [0.05, 0.1) is 0 Å². The molecule has 0 aliphatic carbocycles. The van der Waals surface area contributed by atoms with Crippen molar-refractivity contribution in [1.82, 2.24) is 10.3 Å². The number of carbonyl (C=O) groups excluding carboxylic acids is 3. The van der Waals surface area contributed by atoms with Gasteiger partial charge >= 0.3 is 11.9 Å². The fourth-order valence-electron chi connectivity index (χ4n) is 3.22. The van der Waals surface area contributed by atoms with Crippen molar-refractivity contribution in [3.8, 4) is 0 Å². The summed E-state index contributed by atoms with van der Waals surface area (Å²) in [5, 5.41) is 3.56. The Morgan fingerprint density at radius 1 is 1.03 bits per heavy atom. The van der Waals surface area contributed by atoms with Crippen molar-refractivity contribution in [2.75, 3.05) is 18.3 Å². The Hall–Kier alpha value is -2.52. The number of esters is 2. The predicted molar refractivity (Wildman–Crippen MR) is 124 cm³/mol. The second-order valence-corrected chi connectivity index (χ2v) is 8.07. The van der Waals surface area contributed by atoms with Gasteiger partial charge in [0.1, 0.15) is 17.9 Å². The Kier molecular flexibility index (Phi) is 11.3. The minimum absolute atomic E-state index is 0.0181. The van der Waals surface area contributed by atoms with E-state index in [-0.39, 0.29) is 25.3 Å². The monoisotopic (exact) mass is 497 g/mol. The van der Waals surface area contributed by atoms with Crippen LogP contribution in [0.1, 0.15) is 16.7 Å². The normalized spacial score (nSPS) is 12.8. The van der Waals surface area contributed by atoms with Crippen molar-refractivity contribution in [2.24, 2.45) is 5.84 Å². The number of nitrogens with one attached hydrogen (secondary N) is 1. The van der Waals surface area contributed by atoms with Crippen LogP contribution in [-0.2, 0) is 38.4 Å². The van der Waals surface area contributed by atoms with Crippen LogP contribution >= 0.6 is 23.2 Å². The number of halogens is 3. The summed E-state index contributed by atoms with van der Waals surface area (Å²) in [5.41, 5.74) is 2.39. The number of nitrogens with two attached hydrogens (primary N) is 1. The highest BCUT2D eigenvalue weighted by molar-refractivity contribution is 6.18. The summed E-state index contributed by atoms with van der Waals surface area (Å²) in [7, 11) is 0. The molecular weight excluding hydrogens is 472 g/mol. The van der Waals surface area contributed by atoms with Gasteiger partial charge in [0.25, 0.3) is 0 Å². The van der Waals surface area contributed by atoms with E-state index in [1.54, 1.807) is 0 Å². The molecular formula is C23H26Cl2FN3O4. The summed E-state index contributed by atoms with van der Waals surface area (Å²) < 4.78 is 18.2. The molecule has 7 nitrogen and oxygen atoms in total. The lowest BCUT2D eigenvalue weighted by atomic mass is 10.0. The van der Waals surface area contributed by atoms with Crippen molar-refractivity contribution in [1.29, 1.82) is 0 Å². The SMILES string of the molecule is NN(CCCl)[C@@H](Cc1cccc(CCCl)c1)C(=O)OC(=O)[C@H](Cc1ccc(F)cc1)NC=O. The third kappa shape index (κ3) is 8.74. The first-order valence-electron chi connectivity index (χ1n) is 10.3. The molecule has 0 bridgehead atoms. The molecule has 33 heavy (non-hydrogen) atoms. The fraction of sp³-hybridized carbons (Fsp3) is 0.348. The molecule has 0 radical (unpaired) electrons. The molecule has 2 aromatic carbocycles. The number of hydrazine groups is 1. The van der Waals surface area contributed by atoms with Crippen molar-refractivity contribution < 1.29 is 23.5 Å². The van der Waals surface area contributed by atoms with Gasteiger partial charge in [-0.2, -0.15) is 0 Å². The molecule has 1 amide bonds. The molecule has 0 saturated carbocycles. The van der Waals surface area contributed by atoms with Crippen molar-refractivity contribution in [2.45, 2.75) is 31.3 Å². The molecule has 0 aliphatic heterocycles. The third-order valence-corrected chi connectivity index (χ3v) is 5.28. The van der Waals surface area contributed by atoms with E-state index in [1.165, 1.54) is 29.3 Å². The largest absolute Gasteiger partial charge is 0.390 e. The van der Waals surface area contributed by atoms with E-state index < -0.39 is 29.8 Å². The summed E-state index contributed by atoms with van der Waals surface area (Å²) >= 11 is 11.6. The smallest absolute Gasteiger partial charge is 0.336 e. The van der Waals surface area contributed by atoms with Gasteiger partial charge < -0.3 is 10.1 Å². The maximum absolute atomic E-state index is 13.1. The summed E-state index contributed by atoms with van der Waals surface area (Å²) in [6.45, 7) is 0.183. The zero-order valence-corrected chi connectivity index (χ0v) is 19.4. The molecule has 0 saturated heterocycles. The van der Waals surface area contributed by atoms with Gasteiger partial charge in [0, 0.05) is 31.1 Å². The topological polar surface area (TPSA) is 102 Å². The number of rotatable bonds is 13. The summed E-state index contributed by atoms with van der Waals surface area (Å²) in [6.07, 6.45) is 1.20. The van der Waals surface area contributed by atoms with E-state index in [2.05, 4.69) is 5.32 Å². The molecule has 0 spiro atoms.